The van der Waals surface area contributed by atoms with Gasteiger partial charge in [-0.3, -0.25) is 0 Å². The highest BCUT2D eigenvalue weighted by atomic mass is 32.1. The summed E-state index contributed by atoms with van der Waals surface area (Å²) in [6.07, 6.45) is 0.981. The number of thiazole rings is 1. The van der Waals surface area contributed by atoms with Crippen molar-refractivity contribution in [3.63, 3.8) is 0 Å². The summed E-state index contributed by atoms with van der Waals surface area (Å²) in [4.78, 5) is 4.56. The van der Waals surface area contributed by atoms with Crippen LogP contribution in [0.2, 0.25) is 0 Å². The number of anilines is 1. The number of aryl methyl sites for hydroxylation is 1. The zero-order chi connectivity index (χ0) is 15.1. The molecular weight excluding hydrogens is 284 g/mol. The number of hydrogen-bond donors (Lipinski definition) is 1. The summed E-state index contributed by atoms with van der Waals surface area (Å²) in [5.74, 6) is 1.68. The minimum absolute atomic E-state index is 0.638. The number of nitrogens with zero attached hydrogens (tertiary/aromatic N) is 1. The second kappa shape index (κ2) is 7.88. The van der Waals surface area contributed by atoms with E-state index >= 15 is 0 Å². The van der Waals surface area contributed by atoms with Gasteiger partial charge in [-0.2, -0.15) is 0 Å². The van der Waals surface area contributed by atoms with E-state index in [1.807, 2.05) is 32.0 Å². The summed E-state index contributed by atoms with van der Waals surface area (Å²) in [7, 11) is 0. The second-order valence-corrected chi connectivity index (χ2v) is 5.41. The van der Waals surface area contributed by atoms with Crippen LogP contribution in [0, 0.1) is 0 Å². The zero-order valence-corrected chi connectivity index (χ0v) is 13.6. The van der Waals surface area contributed by atoms with Crippen LogP contribution in [0.1, 0.15) is 31.5 Å². The van der Waals surface area contributed by atoms with Crippen molar-refractivity contribution in [2.24, 2.45) is 0 Å². The minimum atomic E-state index is 0.638. The lowest BCUT2D eigenvalue weighted by atomic mass is 10.2. The van der Waals surface area contributed by atoms with Crippen LogP contribution < -0.4 is 14.8 Å². The standard InChI is InChI=1S/C16H22N2O2S/c1-4-16-18-12(11-21-16)10-17-14-9-13(19-5-2)7-8-15(14)20-6-3/h7-9,11,17H,4-6,10H2,1-3H3. The highest BCUT2D eigenvalue weighted by molar-refractivity contribution is 7.09. The molecule has 1 heterocycles. The third-order valence-electron chi connectivity index (χ3n) is 2.92. The fourth-order valence-corrected chi connectivity index (χ4v) is 2.71. The van der Waals surface area contributed by atoms with E-state index in [2.05, 4.69) is 22.6 Å². The molecule has 21 heavy (non-hydrogen) atoms. The van der Waals surface area contributed by atoms with Gasteiger partial charge in [0.25, 0.3) is 0 Å². The van der Waals surface area contributed by atoms with Crippen LogP contribution in [0.4, 0.5) is 5.69 Å². The normalized spacial score (nSPS) is 10.4. The molecule has 1 aromatic carbocycles. The van der Waals surface area contributed by atoms with Gasteiger partial charge in [0.05, 0.1) is 36.1 Å². The molecule has 5 heteroatoms. The molecule has 4 nitrogen and oxygen atoms in total. The Hall–Kier alpha value is -1.75. The third kappa shape index (κ3) is 4.36. The average Bonchev–Trinajstić information content (AvgIpc) is 2.96. The molecule has 1 N–H and O–H groups in total. The molecule has 0 atom stereocenters. The third-order valence-corrected chi connectivity index (χ3v) is 3.97. The number of benzene rings is 1. The Morgan fingerprint density at radius 3 is 2.62 bits per heavy atom. The lowest BCUT2D eigenvalue weighted by Gasteiger charge is -2.13. The molecule has 0 amide bonds. The van der Waals surface area contributed by atoms with Crippen molar-refractivity contribution in [3.05, 3.63) is 34.3 Å². The van der Waals surface area contributed by atoms with Crippen LogP contribution in [0.15, 0.2) is 23.6 Å². The molecular formula is C16H22N2O2S. The molecule has 0 saturated heterocycles. The van der Waals surface area contributed by atoms with Crippen molar-refractivity contribution in [1.29, 1.82) is 0 Å². The van der Waals surface area contributed by atoms with E-state index in [9.17, 15) is 0 Å². The maximum Gasteiger partial charge on any atom is 0.142 e. The lowest BCUT2D eigenvalue weighted by Crippen LogP contribution is -2.04. The Bertz CT molecular complexity index is 569. The molecule has 0 saturated carbocycles. The fraction of sp³-hybridized carbons (Fsp3) is 0.438. The molecule has 0 unspecified atom stereocenters. The first kappa shape index (κ1) is 15.6. The molecule has 0 spiro atoms. The highest BCUT2D eigenvalue weighted by Crippen LogP contribution is 2.30. The monoisotopic (exact) mass is 306 g/mol. The van der Waals surface area contributed by atoms with Gasteiger partial charge in [-0.25, -0.2) is 4.98 Å². The number of nitrogens with one attached hydrogen (secondary N) is 1. The molecule has 0 aliphatic rings. The van der Waals surface area contributed by atoms with E-state index in [0.29, 0.717) is 19.8 Å². The summed E-state index contributed by atoms with van der Waals surface area (Å²) in [6.45, 7) is 8.05. The predicted octanol–water partition coefficient (Wildman–Crippen LogP) is 4.12. The Balaban J connectivity index is 2.09. The molecule has 0 aliphatic heterocycles. The fourth-order valence-electron chi connectivity index (χ4n) is 1.96. The van der Waals surface area contributed by atoms with Crippen molar-refractivity contribution >= 4 is 17.0 Å². The first-order chi connectivity index (χ1) is 10.3. The second-order valence-electron chi connectivity index (χ2n) is 4.46. The molecule has 114 valence electrons. The van der Waals surface area contributed by atoms with Crippen molar-refractivity contribution < 1.29 is 9.47 Å². The molecule has 0 bridgehead atoms. The molecule has 0 fully saturated rings. The van der Waals surface area contributed by atoms with Gasteiger partial charge in [-0.15, -0.1) is 11.3 Å². The SMILES string of the molecule is CCOc1ccc(OCC)c(NCc2csc(CC)n2)c1. The average molecular weight is 306 g/mol. The summed E-state index contributed by atoms with van der Waals surface area (Å²) < 4.78 is 11.2. The number of hydrogen-bond acceptors (Lipinski definition) is 5. The van der Waals surface area contributed by atoms with E-state index in [1.54, 1.807) is 11.3 Å². The van der Waals surface area contributed by atoms with Crippen molar-refractivity contribution in [2.75, 3.05) is 18.5 Å². The van der Waals surface area contributed by atoms with E-state index in [4.69, 9.17) is 9.47 Å². The van der Waals surface area contributed by atoms with Gasteiger partial charge < -0.3 is 14.8 Å². The quantitative estimate of drug-likeness (QED) is 0.797. The number of ether oxygens (including phenoxy) is 2. The summed E-state index contributed by atoms with van der Waals surface area (Å²) in [5, 5.41) is 6.65. The largest absolute Gasteiger partial charge is 0.494 e. The van der Waals surface area contributed by atoms with Gasteiger partial charge in [0, 0.05) is 11.4 Å². The molecule has 2 rings (SSSR count). The maximum atomic E-state index is 5.65. The van der Waals surface area contributed by atoms with Gasteiger partial charge in [-0.1, -0.05) is 6.92 Å². The van der Waals surface area contributed by atoms with Gasteiger partial charge in [0.2, 0.25) is 0 Å². The summed E-state index contributed by atoms with van der Waals surface area (Å²) >= 11 is 1.70. The predicted molar refractivity (Wildman–Crippen MR) is 87.6 cm³/mol. The van der Waals surface area contributed by atoms with Crippen LogP contribution in [0.5, 0.6) is 11.5 Å². The van der Waals surface area contributed by atoms with Crippen molar-refractivity contribution in [1.82, 2.24) is 4.98 Å². The van der Waals surface area contributed by atoms with Crippen molar-refractivity contribution in [2.45, 2.75) is 33.7 Å². The first-order valence-corrected chi connectivity index (χ1v) is 8.21. The maximum absolute atomic E-state index is 5.65. The van der Waals surface area contributed by atoms with Gasteiger partial charge in [-0.05, 0) is 32.4 Å². The van der Waals surface area contributed by atoms with Crippen LogP contribution in [-0.2, 0) is 13.0 Å². The lowest BCUT2D eigenvalue weighted by molar-refractivity contribution is 0.332. The number of aromatic nitrogens is 1. The summed E-state index contributed by atoms with van der Waals surface area (Å²) in [5.41, 5.74) is 2.00. The zero-order valence-electron chi connectivity index (χ0n) is 12.8. The van der Waals surface area contributed by atoms with Crippen LogP contribution in [0.25, 0.3) is 0 Å². The van der Waals surface area contributed by atoms with Crippen LogP contribution in [-0.4, -0.2) is 18.2 Å². The van der Waals surface area contributed by atoms with E-state index in [-0.39, 0.29) is 0 Å². The highest BCUT2D eigenvalue weighted by Gasteiger charge is 2.07. The smallest absolute Gasteiger partial charge is 0.142 e. The Morgan fingerprint density at radius 1 is 1.14 bits per heavy atom. The van der Waals surface area contributed by atoms with Crippen LogP contribution in [0.3, 0.4) is 0 Å². The summed E-state index contributed by atoms with van der Waals surface area (Å²) in [6, 6.07) is 5.84. The van der Waals surface area contributed by atoms with Gasteiger partial charge in [0.1, 0.15) is 11.5 Å². The van der Waals surface area contributed by atoms with Crippen molar-refractivity contribution in [3.8, 4) is 11.5 Å². The van der Waals surface area contributed by atoms with Crippen LogP contribution >= 0.6 is 11.3 Å². The Morgan fingerprint density at radius 2 is 1.95 bits per heavy atom. The molecule has 2 aromatic rings. The number of rotatable bonds is 8. The molecule has 0 radical (unpaired) electrons. The van der Waals surface area contributed by atoms with Gasteiger partial charge >= 0.3 is 0 Å². The minimum Gasteiger partial charge on any atom is -0.494 e. The topological polar surface area (TPSA) is 43.4 Å². The van der Waals surface area contributed by atoms with E-state index < -0.39 is 0 Å². The van der Waals surface area contributed by atoms with Gasteiger partial charge in [0.15, 0.2) is 0 Å². The van der Waals surface area contributed by atoms with E-state index in [1.165, 1.54) is 5.01 Å². The Labute approximate surface area is 130 Å². The molecule has 1 aromatic heterocycles. The first-order valence-electron chi connectivity index (χ1n) is 7.33. The molecule has 0 aliphatic carbocycles. The van der Waals surface area contributed by atoms with E-state index in [0.717, 1.165) is 29.3 Å². The Kier molecular flexibility index (Phi) is 5.87.